The third kappa shape index (κ3) is 3.37. The second-order valence-electron chi connectivity index (χ2n) is 5.34. The van der Waals surface area contributed by atoms with Gasteiger partial charge in [-0.1, -0.05) is 32.1 Å². The van der Waals surface area contributed by atoms with Crippen molar-refractivity contribution in [3.63, 3.8) is 0 Å². The topological polar surface area (TPSA) is 44.1 Å². The summed E-state index contributed by atoms with van der Waals surface area (Å²) in [5.74, 6) is 1.51. The molecule has 1 aromatic heterocycles. The van der Waals surface area contributed by atoms with Gasteiger partial charge in [-0.25, -0.2) is 0 Å². The van der Waals surface area contributed by atoms with Gasteiger partial charge < -0.3 is 4.74 Å². The molecule has 1 fully saturated rings. The van der Waals surface area contributed by atoms with Gasteiger partial charge in [0, 0.05) is 13.0 Å². The van der Waals surface area contributed by atoms with E-state index >= 15 is 0 Å². The lowest BCUT2D eigenvalue weighted by atomic mass is 9.85. The van der Waals surface area contributed by atoms with Crippen molar-refractivity contribution in [1.82, 2.24) is 9.78 Å². The summed E-state index contributed by atoms with van der Waals surface area (Å²) in [5.41, 5.74) is 0.640. The lowest BCUT2D eigenvalue weighted by Crippen LogP contribution is -2.13. The summed E-state index contributed by atoms with van der Waals surface area (Å²) in [4.78, 5) is 12.4. The first-order valence-corrected chi connectivity index (χ1v) is 7.39. The zero-order valence-corrected chi connectivity index (χ0v) is 12.0. The van der Waals surface area contributed by atoms with Gasteiger partial charge in [-0.15, -0.1) is 0 Å². The van der Waals surface area contributed by atoms with Crippen LogP contribution < -0.4 is 4.74 Å². The molecule has 1 saturated carbocycles. The SMILES string of the molecule is CCn1ncc(OC)c1C(=O)CCC1CCCCC1. The Morgan fingerprint density at radius 1 is 1.42 bits per heavy atom. The molecular formula is C15H24N2O2. The molecule has 1 heterocycles. The Morgan fingerprint density at radius 3 is 2.79 bits per heavy atom. The van der Waals surface area contributed by atoms with E-state index in [1.54, 1.807) is 18.0 Å². The fourth-order valence-corrected chi connectivity index (χ4v) is 2.97. The number of methoxy groups -OCH3 is 1. The zero-order chi connectivity index (χ0) is 13.7. The van der Waals surface area contributed by atoms with E-state index in [-0.39, 0.29) is 5.78 Å². The maximum Gasteiger partial charge on any atom is 0.184 e. The van der Waals surface area contributed by atoms with Gasteiger partial charge in [0.2, 0.25) is 0 Å². The van der Waals surface area contributed by atoms with Crippen molar-refractivity contribution >= 4 is 5.78 Å². The van der Waals surface area contributed by atoms with E-state index in [1.165, 1.54) is 32.1 Å². The van der Waals surface area contributed by atoms with Gasteiger partial charge in [0.15, 0.2) is 11.5 Å². The molecule has 1 aromatic rings. The van der Waals surface area contributed by atoms with Crippen LogP contribution in [0.15, 0.2) is 6.20 Å². The summed E-state index contributed by atoms with van der Waals surface area (Å²) in [6, 6.07) is 0. The van der Waals surface area contributed by atoms with Crippen molar-refractivity contribution in [2.24, 2.45) is 5.92 Å². The summed E-state index contributed by atoms with van der Waals surface area (Å²) in [7, 11) is 1.59. The van der Waals surface area contributed by atoms with Crippen LogP contribution in [-0.4, -0.2) is 22.7 Å². The monoisotopic (exact) mass is 264 g/mol. The summed E-state index contributed by atoms with van der Waals surface area (Å²) >= 11 is 0. The Bertz CT molecular complexity index is 398. The number of carbonyl (C=O) groups is 1. The second-order valence-corrected chi connectivity index (χ2v) is 5.34. The second kappa shape index (κ2) is 6.73. The number of ether oxygens (including phenoxy) is 1. The number of rotatable bonds is 6. The quantitative estimate of drug-likeness (QED) is 0.739. The number of ketones is 1. The van der Waals surface area contributed by atoms with Gasteiger partial charge in [-0.2, -0.15) is 5.10 Å². The van der Waals surface area contributed by atoms with Crippen LogP contribution >= 0.6 is 0 Å². The molecule has 2 rings (SSSR count). The first-order chi connectivity index (χ1) is 9.26. The van der Waals surface area contributed by atoms with E-state index in [1.807, 2.05) is 6.92 Å². The number of hydrogen-bond acceptors (Lipinski definition) is 3. The van der Waals surface area contributed by atoms with Crippen molar-refractivity contribution in [1.29, 1.82) is 0 Å². The number of hydrogen-bond donors (Lipinski definition) is 0. The zero-order valence-electron chi connectivity index (χ0n) is 12.0. The van der Waals surface area contributed by atoms with Gasteiger partial charge in [-0.3, -0.25) is 9.48 Å². The highest BCUT2D eigenvalue weighted by atomic mass is 16.5. The normalized spacial score (nSPS) is 16.5. The molecule has 0 spiro atoms. The maximum atomic E-state index is 12.4. The summed E-state index contributed by atoms with van der Waals surface area (Å²) < 4.78 is 6.97. The molecular weight excluding hydrogens is 240 g/mol. The van der Waals surface area contributed by atoms with E-state index in [9.17, 15) is 4.79 Å². The average molecular weight is 264 g/mol. The Balaban J connectivity index is 1.96. The van der Waals surface area contributed by atoms with Gasteiger partial charge in [0.25, 0.3) is 0 Å². The van der Waals surface area contributed by atoms with Crippen molar-refractivity contribution in [2.45, 2.75) is 58.4 Å². The minimum absolute atomic E-state index is 0.168. The number of Topliss-reactive ketones (excluding diaryl/α,β-unsaturated/α-hetero) is 1. The lowest BCUT2D eigenvalue weighted by molar-refractivity contribution is 0.0956. The fraction of sp³-hybridized carbons (Fsp3) is 0.733. The first-order valence-electron chi connectivity index (χ1n) is 7.39. The number of aromatic nitrogens is 2. The Labute approximate surface area is 115 Å². The highest BCUT2D eigenvalue weighted by Gasteiger charge is 2.21. The highest BCUT2D eigenvalue weighted by molar-refractivity contribution is 5.97. The molecule has 0 saturated heterocycles. The molecule has 0 amide bonds. The van der Waals surface area contributed by atoms with Crippen molar-refractivity contribution < 1.29 is 9.53 Å². The molecule has 0 aromatic carbocycles. The van der Waals surface area contributed by atoms with Crippen LogP contribution in [0.3, 0.4) is 0 Å². The molecule has 1 aliphatic rings. The predicted molar refractivity (Wildman–Crippen MR) is 74.6 cm³/mol. The third-order valence-corrected chi connectivity index (χ3v) is 4.09. The number of carbonyl (C=O) groups excluding carboxylic acids is 1. The largest absolute Gasteiger partial charge is 0.493 e. The average Bonchev–Trinajstić information content (AvgIpc) is 2.89. The molecule has 19 heavy (non-hydrogen) atoms. The van der Waals surface area contributed by atoms with Crippen LogP contribution in [0, 0.1) is 5.92 Å². The van der Waals surface area contributed by atoms with Crippen LogP contribution in [0.5, 0.6) is 5.75 Å². The molecule has 0 radical (unpaired) electrons. The fourth-order valence-electron chi connectivity index (χ4n) is 2.97. The van der Waals surface area contributed by atoms with Crippen LogP contribution in [0.2, 0.25) is 0 Å². The Morgan fingerprint density at radius 2 is 2.16 bits per heavy atom. The molecule has 0 atom stereocenters. The number of aryl methyl sites for hydroxylation is 1. The van der Waals surface area contributed by atoms with Crippen LogP contribution in [0.25, 0.3) is 0 Å². The molecule has 1 aliphatic carbocycles. The van der Waals surface area contributed by atoms with Crippen molar-refractivity contribution in [3.8, 4) is 5.75 Å². The molecule has 0 bridgehead atoms. The molecule has 0 N–H and O–H groups in total. The smallest absolute Gasteiger partial charge is 0.184 e. The van der Waals surface area contributed by atoms with Crippen LogP contribution in [-0.2, 0) is 6.54 Å². The Hall–Kier alpha value is -1.32. The summed E-state index contributed by atoms with van der Waals surface area (Å²) in [5, 5.41) is 4.19. The summed E-state index contributed by atoms with van der Waals surface area (Å²) in [6.07, 6.45) is 9.86. The lowest BCUT2D eigenvalue weighted by Gasteiger charge is -2.21. The first kappa shape index (κ1) is 14.1. The summed E-state index contributed by atoms with van der Waals surface area (Å²) in [6.45, 7) is 2.69. The third-order valence-electron chi connectivity index (χ3n) is 4.09. The molecule has 4 heteroatoms. The van der Waals surface area contributed by atoms with E-state index in [0.717, 1.165) is 12.3 Å². The van der Waals surface area contributed by atoms with Gasteiger partial charge >= 0.3 is 0 Å². The van der Waals surface area contributed by atoms with Crippen molar-refractivity contribution in [3.05, 3.63) is 11.9 Å². The molecule has 0 aliphatic heterocycles. The van der Waals surface area contributed by atoms with E-state index in [4.69, 9.17) is 4.74 Å². The van der Waals surface area contributed by atoms with E-state index in [0.29, 0.717) is 24.4 Å². The minimum atomic E-state index is 0.168. The van der Waals surface area contributed by atoms with Crippen LogP contribution in [0.1, 0.15) is 62.4 Å². The van der Waals surface area contributed by atoms with Crippen molar-refractivity contribution in [2.75, 3.05) is 7.11 Å². The molecule has 106 valence electrons. The van der Waals surface area contributed by atoms with E-state index in [2.05, 4.69) is 5.10 Å². The number of nitrogens with zero attached hydrogens (tertiary/aromatic N) is 2. The predicted octanol–water partition coefficient (Wildman–Crippen LogP) is 3.45. The molecule has 0 unspecified atom stereocenters. The Kier molecular flexibility index (Phi) is 5.00. The standard InChI is InChI=1S/C15H24N2O2/c1-3-17-15(14(19-2)11-16-17)13(18)10-9-12-7-5-4-6-8-12/h11-12H,3-10H2,1-2H3. The van der Waals surface area contributed by atoms with Gasteiger partial charge in [0.05, 0.1) is 13.3 Å². The van der Waals surface area contributed by atoms with E-state index < -0.39 is 0 Å². The minimum Gasteiger partial charge on any atom is -0.493 e. The van der Waals surface area contributed by atoms with Gasteiger partial charge in [0.1, 0.15) is 5.69 Å². The van der Waals surface area contributed by atoms with Gasteiger partial charge in [-0.05, 0) is 19.3 Å². The van der Waals surface area contributed by atoms with Crippen LogP contribution in [0.4, 0.5) is 0 Å². The highest BCUT2D eigenvalue weighted by Crippen LogP contribution is 2.28. The molecule has 4 nitrogen and oxygen atoms in total. The maximum absolute atomic E-state index is 12.4.